The number of carbonyl (C=O) groups is 3. The van der Waals surface area contributed by atoms with Gasteiger partial charge in [0, 0.05) is 25.2 Å². The van der Waals surface area contributed by atoms with E-state index in [4.69, 9.17) is 11.6 Å². The molecule has 0 bridgehead atoms. The zero-order valence-electron chi connectivity index (χ0n) is 18.7. The van der Waals surface area contributed by atoms with Gasteiger partial charge in [-0.2, -0.15) is 4.31 Å². The number of halogens is 1. The number of amides is 3. The summed E-state index contributed by atoms with van der Waals surface area (Å²) in [6.07, 6.45) is 1.54. The van der Waals surface area contributed by atoms with Gasteiger partial charge < -0.3 is 5.32 Å². The number of unbranched alkanes of at least 4 members (excludes halogenated alkanes) is 1. The topological polar surface area (TPSA) is 104 Å². The van der Waals surface area contributed by atoms with Crippen molar-refractivity contribution in [2.75, 3.05) is 25.0 Å². The second kappa shape index (κ2) is 10.0. The van der Waals surface area contributed by atoms with E-state index in [-0.39, 0.29) is 38.2 Å². The molecule has 2 aromatic rings. The standard InChI is InChI=1S/C23H26ClN3O5S/c1-4-7-12-27-22(29)17-10-8-15(13-18(17)23(27)30)21(28)25-20-14-16(9-11-19(20)24)33(31,32)26(5-2)6-3/h8-11,13-14H,4-7,12H2,1-3H3,(H,25,28). The van der Waals surface area contributed by atoms with Gasteiger partial charge in [-0.05, 0) is 42.8 Å². The minimum atomic E-state index is -3.74. The third kappa shape index (κ3) is 4.80. The molecule has 0 radical (unpaired) electrons. The first-order chi connectivity index (χ1) is 15.6. The highest BCUT2D eigenvalue weighted by Crippen LogP contribution is 2.29. The normalized spacial score (nSPS) is 13.5. The lowest BCUT2D eigenvalue weighted by atomic mass is 10.1. The molecule has 0 unspecified atom stereocenters. The van der Waals surface area contributed by atoms with Crippen molar-refractivity contribution in [3.8, 4) is 0 Å². The number of benzene rings is 2. The lowest BCUT2D eigenvalue weighted by Crippen LogP contribution is -2.30. The number of fused-ring (bicyclic) bond motifs is 1. The van der Waals surface area contributed by atoms with Crippen LogP contribution in [-0.2, 0) is 10.0 Å². The number of nitrogens with one attached hydrogen (secondary N) is 1. The quantitative estimate of drug-likeness (QED) is 0.533. The van der Waals surface area contributed by atoms with E-state index in [1.54, 1.807) is 13.8 Å². The van der Waals surface area contributed by atoms with Gasteiger partial charge in [0.25, 0.3) is 17.7 Å². The average Bonchev–Trinajstić information content (AvgIpc) is 3.03. The fourth-order valence-corrected chi connectivity index (χ4v) is 5.27. The van der Waals surface area contributed by atoms with Crippen LogP contribution in [-0.4, -0.2) is 55.0 Å². The average molecular weight is 492 g/mol. The Bertz CT molecular complexity index is 1210. The predicted octanol–water partition coefficient (Wildman–Crippen LogP) is 4.02. The molecule has 1 heterocycles. The van der Waals surface area contributed by atoms with Crippen molar-refractivity contribution in [2.45, 2.75) is 38.5 Å². The van der Waals surface area contributed by atoms with E-state index in [1.807, 2.05) is 6.92 Å². The van der Waals surface area contributed by atoms with Crippen molar-refractivity contribution in [3.63, 3.8) is 0 Å². The SMILES string of the molecule is CCCCN1C(=O)c2ccc(C(=O)Nc3cc(S(=O)(=O)N(CC)CC)ccc3Cl)cc2C1=O. The molecule has 3 amide bonds. The zero-order valence-corrected chi connectivity index (χ0v) is 20.3. The Hall–Kier alpha value is -2.75. The second-order valence-electron chi connectivity index (χ2n) is 7.56. The number of imide groups is 1. The van der Waals surface area contributed by atoms with Crippen LogP contribution >= 0.6 is 11.6 Å². The van der Waals surface area contributed by atoms with Gasteiger partial charge in [-0.1, -0.05) is 38.8 Å². The molecular weight excluding hydrogens is 466 g/mol. The number of rotatable bonds is 9. The van der Waals surface area contributed by atoms with Crippen molar-refractivity contribution < 1.29 is 22.8 Å². The molecule has 176 valence electrons. The summed E-state index contributed by atoms with van der Waals surface area (Å²) in [6.45, 7) is 6.38. The van der Waals surface area contributed by atoms with Gasteiger partial charge in [0.2, 0.25) is 10.0 Å². The highest BCUT2D eigenvalue weighted by molar-refractivity contribution is 7.89. The summed E-state index contributed by atoms with van der Waals surface area (Å²) in [6, 6.07) is 8.39. The summed E-state index contributed by atoms with van der Waals surface area (Å²) < 4.78 is 26.9. The molecule has 1 aliphatic heterocycles. The monoisotopic (exact) mass is 491 g/mol. The summed E-state index contributed by atoms with van der Waals surface area (Å²) in [5.74, 6) is -1.37. The maximum atomic E-state index is 12.9. The highest BCUT2D eigenvalue weighted by Gasteiger charge is 2.35. The van der Waals surface area contributed by atoms with Crippen molar-refractivity contribution in [2.24, 2.45) is 0 Å². The summed E-state index contributed by atoms with van der Waals surface area (Å²) in [4.78, 5) is 39.2. The van der Waals surface area contributed by atoms with Crippen LogP contribution in [0.1, 0.15) is 64.7 Å². The molecule has 0 saturated heterocycles. The minimum absolute atomic E-state index is 0.00666. The number of hydrogen-bond acceptors (Lipinski definition) is 5. The molecule has 0 atom stereocenters. The third-order valence-corrected chi connectivity index (χ3v) is 7.87. The molecule has 1 N–H and O–H groups in total. The molecule has 0 fully saturated rings. The Morgan fingerprint density at radius 3 is 2.30 bits per heavy atom. The number of anilines is 1. The van der Waals surface area contributed by atoms with Gasteiger partial charge in [-0.3, -0.25) is 19.3 Å². The summed E-state index contributed by atoms with van der Waals surface area (Å²) in [5, 5.41) is 2.78. The smallest absolute Gasteiger partial charge is 0.261 e. The van der Waals surface area contributed by atoms with E-state index in [0.717, 1.165) is 6.42 Å². The zero-order chi connectivity index (χ0) is 24.3. The van der Waals surface area contributed by atoms with Gasteiger partial charge in [-0.15, -0.1) is 0 Å². The van der Waals surface area contributed by atoms with E-state index in [9.17, 15) is 22.8 Å². The first-order valence-corrected chi connectivity index (χ1v) is 12.6. The van der Waals surface area contributed by atoms with Crippen molar-refractivity contribution in [3.05, 3.63) is 58.1 Å². The van der Waals surface area contributed by atoms with Crippen molar-refractivity contribution >= 4 is 45.0 Å². The number of carbonyl (C=O) groups excluding carboxylic acids is 3. The fraction of sp³-hybridized carbons (Fsp3) is 0.348. The van der Waals surface area contributed by atoms with Crippen LogP contribution in [0.3, 0.4) is 0 Å². The number of nitrogens with zero attached hydrogens (tertiary/aromatic N) is 2. The van der Waals surface area contributed by atoms with E-state index < -0.39 is 21.8 Å². The second-order valence-corrected chi connectivity index (χ2v) is 9.91. The lowest BCUT2D eigenvalue weighted by molar-refractivity contribution is 0.0652. The first kappa shape index (κ1) is 24.9. The molecular formula is C23H26ClN3O5S. The fourth-order valence-electron chi connectivity index (χ4n) is 3.62. The van der Waals surface area contributed by atoms with Crippen LogP contribution in [0.5, 0.6) is 0 Å². The molecule has 10 heteroatoms. The summed E-state index contributed by atoms with van der Waals surface area (Å²) >= 11 is 6.20. The maximum Gasteiger partial charge on any atom is 0.261 e. The molecule has 3 rings (SSSR count). The summed E-state index contributed by atoms with van der Waals surface area (Å²) in [7, 11) is -3.74. The van der Waals surface area contributed by atoms with E-state index in [2.05, 4.69) is 5.32 Å². The summed E-state index contributed by atoms with van der Waals surface area (Å²) in [5.41, 5.74) is 0.716. The Balaban J connectivity index is 1.87. The van der Waals surface area contributed by atoms with E-state index in [1.165, 1.54) is 45.6 Å². The van der Waals surface area contributed by atoms with Crippen LogP contribution in [0, 0.1) is 0 Å². The van der Waals surface area contributed by atoms with Gasteiger partial charge in [0.1, 0.15) is 0 Å². The Labute approximate surface area is 198 Å². The maximum absolute atomic E-state index is 12.9. The Kier molecular flexibility index (Phi) is 7.56. The van der Waals surface area contributed by atoms with Gasteiger partial charge in [0.15, 0.2) is 0 Å². The van der Waals surface area contributed by atoms with Gasteiger partial charge >= 0.3 is 0 Å². The van der Waals surface area contributed by atoms with Crippen LogP contribution in [0.2, 0.25) is 5.02 Å². The molecule has 0 aliphatic carbocycles. The van der Waals surface area contributed by atoms with Crippen LogP contribution in [0.15, 0.2) is 41.3 Å². The highest BCUT2D eigenvalue weighted by atomic mass is 35.5. The van der Waals surface area contributed by atoms with E-state index >= 15 is 0 Å². The molecule has 33 heavy (non-hydrogen) atoms. The molecule has 0 saturated carbocycles. The molecule has 8 nitrogen and oxygen atoms in total. The Morgan fingerprint density at radius 1 is 1.00 bits per heavy atom. The molecule has 0 aromatic heterocycles. The van der Waals surface area contributed by atoms with Crippen molar-refractivity contribution in [1.29, 1.82) is 0 Å². The first-order valence-electron chi connectivity index (χ1n) is 10.8. The van der Waals surface area contributed by atoms with Gasteiger partial charge in [-0.25, -0.2) is 8.42 Å². The van der Waals surface area contributed by atoms with E-state index in [0.29, 0.717) is 26.1 Å². The molecule has 0 spiro atoms. The van der Waals surface area contributed by atoms with Gasteiger partial charge in [0.05, 0.1) is 26.7 Å². The molecule has 1 aliphatic rings. The predicted molar refractivity (Wildman–Crippen MR) is 126 cm³/mol. The van der Waals surface area contributed by atoms with Crippen molar-refractivity contribution in [1.82, 2.24) is 9.21 Å². The largest absolute Gasteiger partial charge is 0.321 e. The third-order valence-electron chi connectivity index (χ3n) is 5.50. The van der Waals surface area contributed by atoms with Crippen LogP contribution < -0.4 is 5.32 Å². The lowest BCUT2D eigenvalue weighted by Gasteiger charge is -2.19. The number of sulfonamides is 1. The minimum Gasteiger partial charge on any atom is -0.321 e. The van der Waals surface area contributed by atoms with Crippen LogP contribution in [0.25, 0.3) is 0 Å². The van der Waals surface area contributed by atoms with Crippen LogP contribution in [0.4, 0.5) is 5.69 Å². The number of hydrogen-bond donors (Lipinski definition) is 1. The Morgan fingerprint density at radius 2 is 1.67 bits per heavy atom. The molecule has 2 aromatic carbocycles.